The first kappa shape index (κ1) is 19.8. The fourth-order valence-electron chi connectivity index (χ4n) is 2.54. The maximum atomic E-state index is 12.8. The number of ether oxygens (including phenoxy) is 2. The molecule has 2 rings (SSSR count). The van der Waals surface area contributed by atoms with Crippen LogP contribution in [0.25, 0.3) is 0 Å². The number of rotatable bonds is 11. The predicted octanol–water partition coefficient (Wildman–Crippen LogP) is 3.05. The summed E-state index contributed by atoms with van der Waals surface area (Å²) in [6.45, 7) is 5.34. The van der Waals surface area contributed by atoms with Gasteiger partial charge in [0.2, 0.25) is 0 Å². The van der Waals surface area contributed by atoms with Crippen molar-refractivity contribution in [3.8, 4) is 0 Å². The van der Waals surface area contributed by atoms with Crippen molar-refractivity contribution in [2.75, 3.05) is 26.7 Å². The molecule has 7 heteroatoms. The number of hydrogen-bond acceptors (Lipinski definition) is 6. The highest BCUT2D eigenvalue weighted by atomic mass is 16.6. The summed E-state index contributed by atoms with van der Waals surface area (Å²) in [5, 5.41) is 16.0. The second-order valence-corrected chi connectivity index (χ2v) is 6.01. The van der Waals surface area contributed by atoms with Crippen molar-refractivity contribution in [2.24, 2.45) is 0 Å². The molecule has 140 valence electrons. The van der Waals surface area contributed by atoms with Crippen LogP contribution in [0.15, 0.2) is 30.3 Å². The zero-order chi connectivity index (χ0) is 18.1. The van der Waals surface area contributed by atoms with Gasteiger partial charge in [0.15, 0.2) is 0 Å². The monoisotopic (exact) mass is 350 g/mol. The molecular weight excluding hydrogens is 322 g/mol. The minimum Gasteiger partial charge on any atom is -0.769 e. The third-order valence-electron chi connectivity index (χ3n) is 4.04. The summed E-state index contributed by atoms with van der Waals surface area (Å²) >= 11 is 0. The fourth-order valence-corrected chi connectivity index (χ4v) is 2.54. The second-order valence-electron chi connectivity index (χ2n) is 6.01. The molecule has 1 aliphatic rings. The summed E-state index contributed by atoms with van der Waals surface area (Å²) in [5.74, 6) is -0.295. The van der Waals surface area contributed by atoms with Crippen LogP contribution in [0.3, 0.4) is 0 Å². The summed E-state index contributed by atoms with van der Waals surface area (Å²) < 4.78 is 11.1. The number of unbranched alkanes of at least 4 members (excludes halogenated alkanes) is 2. The molecular formula is C18H28N3O4-. The third kappa shape index (κ3) is 5.23. The van der Waals surface area contributed by atoms with E-state index < -0.39 is 6.04 Å². The summed E-state index contributed by atoms with van der Waals surface area (Å²) in [6, 6.07) is 8.16. The van der Waals surface area contributed by atoms with Crippen molar-refractivity contribution in [3.05, 3.63) is 41.1 Å². The standard InChI is InChI=1S/C18H28N3O4/c1-3-5-12-24-14-19-18(22)17(16-10-8-7-9-11-16)21(23)20(19)15-25-13-6-4-2/h7-11,17H,3-6,12-15H2,1-2H3/q-1. The molecule has 1 aliphatic heterocycles. The van der Waals surface area contributed by atoms with Crippen LogP contribution in [0, 0.1) is 5.21 Å². The van der Waals surface area contributed by atoms with E-state index in [4.69, 9.17) is 9.47 Å². The van der Waals surface area contributed by atoms with Crippen LogP contribution < -0.4 is 0 Å². The lowest BCUT2D eigenvalue weighted by atomic mass is 10.1. The molecule has 1 unspecified atom stereocenters. The molecule has 0 spiro atoms. The van der Waals surface area contributed by atoms with E-state index in [9.17, 15) is 10.0 Å². The molecule has 1 fully saturated rings. The molecule has 0 N–H and O–H groups in total. The fraction of sp³-hybridized carbons (Fsp3) is 0.611. The minimum atomic E-state index is -0.897. The first-order valence-corrected chi connectivity index (χ1v) is 8.96. The van der Waals surface area contributed by atoms with Crippen LogP contribution in [-0.2, 0) is 14.3 Å². The molecule has 1 saturated heterocycles. The van der Waals surface area contributed by atoms with Crippen molar-refractivity contribution < 1.29 is 14.3 Å². The number of carbonyl (C=O) groups is 1. The van der Waals surface area contributed by atoms with Crippen LogP contribution in [0.1, 0.15) is 51.1 Å². The van der Waals surface area contributed by atoms with Gasteiger partial charge in [-0.05, 0) is 18.4 Å². The van der Waals surface area contributed by atoms with Gasteiger partial charge in [-0.3, -0.25) is 9.97 Å². The average molecular weight is 350 g/mol. The Balaban J connectivity index is 2.06. The Morgan fingerprint density at radius 1 is 1.00 bits per heavy atom. The Labute approximate surface area is 149 Å². The molecule has 0 aromatic heterocycles. The van der Waals surface area contributed by atoms with Crippen LogP contribution >= 0.6 is 0 Å². The minimum absolute atomic E-state index is 0.0374. The van der Waals surface area contributed by atoms with E-state index in [-0.39, 0.29) is 19.4 Å². The van der Waals surface area contributed by atoms with Crippen molar-refractivity contribution in [2.45, 2.75) is 45.6 Å². The van der Waals surface area contributed by atoms with Gasteiger partial charge in [0.05, 0.1) is 0 Å². The highest BCUT2D eigenvalue weighted by molar-refractivity contribution is 5.84. The number of hydroxylamine groups is 1. The molecule has 1 amide bonds. The van der Waals surface area contributed by atoms with Crippen LogP contribution in [-0.4, -0.2) is 47.9 Å². The Morgan fingerprint density at radius 3 is 2.20 bits per heavy atom. The third-order valence-corrected chi connectivity index (χ3v) is 4.04. The van der Waals surface area contributed by atoms with Gasteiger partial charge in [-0.1, -0.05) is 57.0 Å². The SMILES string of the molecule is CCCCOCN1C(=O)C(c2ccccc2)N([O-])N1COCCCC. The van der Waals surface area contributed by atoms with Gasteiger partial charge < -0.3 is 14.7 Å². The van der Waals surface area contributed by atoms with E-state index >= 15 is 0 Å². The summed E-state index contributed by atoms with van der Waals surface area (Å²) in [5.41, 5.74) is 0.664. The Morgan fingerprint density at radius 2 is 1.60 bits per heavy atom. The number of hydrazine groups is 2. The van der Waals surface area contributed by atoms with Gasteiger partial charge >= 0.3 is 0 Å². The first-order chi connectivity index (χ1) is 12.2. The van der Waals surface area contributed by atoms with E-state index in [0.29, 0.717) is 23.9 Å². The van der Waals surface area contributed by atoms with Crippen LogP contribution in [0.4, 0.5) is 0 Å². The molecule has 1 atom stereocenters. The molecule has 25 heavy (non-hydrogen) atoms. The van der Waals surface area contributed by atoms with E-state index in [1.54, 1.807) is 12.1 Å². The van der Waals surface area contributed by atoms with Crippen molar-refractivity contribution in [1.29, 1.82) is 0 Å². The van der Waals surface area contributed by atoms with Crippen molar-refractivity contribution in [3.63, 3.8) is 0 Å². The Hall–Kier alpha value is -1.51. The largest absolute Gasteiger partial charge is 0.769 e. The zero-order valence-corrected chi connectivity index (χ0v) is 15.1. The first-order valence-electron chi connectivity index (χ1n) is 8.96. The number of nitrogens with zero attached hydrogens (tertiary/aromatic N) is 3. The summed E-state index contributed by atoms with van der Waals surface area (Å²) in [4.78, 5) is 12.8. The average Bonchev–Trinajstić information content (AvgIpc) is 2.86. The van der Waals surface area contributed by atoms with Gasteiger partial charge in [-0.25, -0.2) is 5.01 Å². The van der Waals surface area contributed by atoms with Crippen molar-refractivity contribution in [1.82, 2.24) is 15.3 Å². The second kappa shape index (κ2) is 10.5. The van der Waals surface area contributed by atoms with Crippen LogP contribution in [0.2, 0.25) is 0 Å². The molecule has 1 aromatic carbocycles. The Kier molecular flexibility index (Phi) is 8.30. The zero-order valence-electron chi connectivity index (χ0n) is 15.1. The molecule has 0 bridgehead atoms. The summed E-state index contributed by atoms with van der Waals surface area (Å²) in [6.07, 6.45) is 3.85. The van der Waals surface area contributed by atoms with Gasteiger partial charge in [0.1, 0.15) is 19.5 Å². The van der Waals surface area contributed by atoms with E-state index in [0.717, 1.165) is 25.7 Å². The molecule has 0 aliphatic carbocycles. The molecule has 0 radical (unpaired) electrons. The van der Waals surface area contributed by atoms with E-state index in [1.165, 1.54) is 10.1 Å². The molecule has 1 aromatic rings. The number of carbonyl (C=O) groups excluding carboxylic acids is 1. The smallest absolute Gasteiger partial charge is 0.262 e. The lowest BCUT2D eigenvalue weighted by molar-refractivity contribution is -0.201. The lowest BCUT2D eigenvalue weighted by Crippen LogP contribution is -2.45. The van der Waals surface area contributed by atoms with E-state index in [2.05, 4.69) is 13.8 Å². The van der Waals surface area contributed by atoms with Gasteiger partial charge in [-0.15, -0.1) is 5.12 Å². The lowest BCUT2D eigenvalue weighted by Gasteiger charge is -2.37. The molecule has 0 saturated carbocycles. The summed E-state index contributed by atoms with van der Waals surface area (Å²) in [7, 11) is 0. The number of benzene rings is 1. The van der Waals surface area contributed by atoms with Gasteiger partial charge in [0, 0.05) is 13.2 Å². The number of hydrogen-bond donors (Lipinski definition) is 0. The maximum Gasteiger partial charge on any atom is 0.262 e. The highest BCUT2D eigenvalue weighted by Crippen LogP contribution is 2.31. The topological polar surface area (TPSA) is 68.3 Å². The normalized spacial score (nSPS) is 19.1. The maximum absolute atomic E-state index is 12.8. The van der Waals surface area contributed by atoms with E-state index in [1.807, 2.05) is 18.2 Å². The highest BCUT2D eigenvalue weighted by Gasteiger charge is 2.41. The van der Waals surface area contributed by atoms with Gasteiger partial charge in [-0.2, -0.15) is 0 Å². The van der Waals surface area contributed by atoms with Gasteiger partial charge in [0.25, 0.3) is 5.91 Å². The molecule has 1 heterocycles. The quantitative estimate of drug-likeness (QED) is 0.571. The molecule has 7 nitrogen and oxygen atoms in total. The number of amides is 1. The van der Waals surface area contributed by atoms with Crippen LogP contribution in [0.5, 0.6) is 0 Å². The predicted molar refractivity (Wildman–Crippen MR) is 94.5 cm³/mol. The van der Waals surface area contributed by atoms with Crippen molar-refractivity contribution >= 4 is 5.91 Å². The Bertz CT molecular complexity index is 514.